The average molecular weight is 226 g/mol. The molecule has 0 aromatic heterocycles. The minimum atomic E-state index is 0.135. The molecule has 0 N–H and O–H groups in total. The molecule has 3 rings (SSSR count). The number of allylic oxidation sites excluding steroid dienone is 3. The first kappa shape index (κ1) is 10.3. The summed E-state index contributed by atoms with van der Waals surface area (Å²) in [6.45, 7) is 3.88. The first-order valence-corrected chi connectivity index (χ1v) is 5.90. The van der Waals surface area contributed by atoms with E-state index in [0.717, 1.165) is 46.7 Å². The Morgan fingerprint density at radius 3 is 2.41 bits per heavy atom. The second-order valence-electron chi connectivity index (χ2n) is 4.60. The molecule has 1 heterocycles. The summed E-state index contributed by atoms with van der Waals surface area (Å²) in [7, 11) is 0. The van der Waals surface area contributed by atoms with E-state index in [1.54, 1.807) is 0 Å². The fraction of sp³-hybridized carbons (Fsp3) is 0.267. The molecule has 2 aliphatic rings. The maximum Gasteiger partial charge on any atom is 0.337 e. The van der Waals surface area contributed by atoms with Crippen LogP contribution < -0.4 is 5.11 Å². The van der Waals surface area contributed by atoms with E-state index in [0.29, 0.717) is 0 Å². The summed E-state index contributed by atoms with van der Waals surface area (Å²) in [5, 5.41) is 12.1. The lowest BCUT2D eigenvalue weighted by molar-refractivity contribution is -0.390. The van der Waals surface area contributed by atoms with Gasteiger partial charge in [0.15, 0.2) is 0 Å². The van der Waals surface area contributed by atoms with Gasteiger partial charge in [-0.3, -0.25) is 0 Å². The Balaban J connectivity index is 2.27. The van der Waals surface area contributed by atoms with Gasteiger partial charge >= 0.3 is 11.5 Å². The number of fused-ring (bicyclic) bond motifs is 1. The number of hydrogen-bond donors (Lipinski definition) is 0. The fourth-order valence-electron chi connectivity index (χ4n) is 2.55. The van der Waals surface area contributed by atoms with Gasteiger partial charge in [-0.2, -0.15) is 0 Å². The lowest BCUT2D eigenvalue weighted by Gasteiger charge is -2.08. The molecule has 2 heteroatoms. The predicted molar refractivity (Wildman–Crippen MR) is 65.9 cm³/mol. The molecule has 0 atom stereocenters. The van der Waals surface area contributed by atoms with Gasteiger partial charge in [0.25, 0.3) is 0 Å². The Morgan fingerprint density at radius 1 is 1.06 bits per heavy atom. The highest BCUT2D eigenvalue weighted by Gasteiger charge is 2.31. The SMILES string of the molecule is CC1=[O+]/C(=C2\C(C)=C([O-])c3ccccc32)CC1. The standard InChI is InChI=1S/C15H14O2/c1-9-7-8-13(17-9)14-10(2)15(16)12-6-4-3-5-11(12)14/h3-6H,7-8H2,1-2H3/b14-13+. The van der Waals surface area contributed by atoms with E-state index in [-0.39, 0.29) is 5.76 Å². The largest absolute Gasteiger partial charge is 0.872 e. The molecule has 0 amide bonds. The third-order valence-electron chi connectivity index (χ3n) is 3.44. The van der Waals surface area contributed by atoms with Crippen LogP contribution in [-0.4, -0.2) is 5.78 Å². The van der Waals surface area contributed by atoms with E-state index in [2.05, 4.69) is 0 Å². The Bertz CT molecular complexity index is 589. The molecule has 2 nitrogen and oxygen atoms in total. The van der Waals surface area contributed by atoms with Crippen molar-refractivity contribution >= 4 is 17.1 Å². The summed E-state index contributed by atoms with van der Waals surface area (Å²) in [4.78, 5) is 0. The Hall–Kier alpha value is -1.83. The van der Waals surface area contributed by atoms with Gasteiger partial charge in [-0.15, -0.1) is 0 Å². The monoisotopic (exact) mass is 226 g/mol. The zero-order valence-corrected chi connectivity index (χ0v) is 10.0. The molecule has 0 radical (unpaired) electrons. The highest BCUT2D eigenvalue weighted by molar-refractivity contribution is 5.98. The van der Waals surface area contributed by atoms with Crippen LogP contribution in [0.1, 0.15) is 37.8 Å². The van der Waals surface area contributed by atoms with E-state index in [4.69, 9.17) is 4.42 Å². The van der Waals surface area contributed by atoms with Crippen molar-refractivity contribution < 1.29 is 9.53 Å². The molecule has 0 fully saturated rings. The van der Waals surface area contributed by atoms with Crippen LogP contribution in [0.4, 0.5) is 0 Å². The molecule has 0 bridgehead atoms. The number of carbonyl (C=O) groups excluding carboxylic acids is 1. The fourth-order valence-corrected chi connectivity index (χ4v) is 2.55. The van der Waals surface area contributed by atoms with Crippen molar-refractivity contribution in [3.8, 4) is 0 Å². The van der Waals surface area contributed by atoms with Crippen molar-refractivity contribution in [1.29, 1.82) is 0 Å². The van der Waals surface area contributed by atoms with Crippen molar-refractivity contribution in [3.63, 3.8) is 0 Å². The molecule has 0 saturated heterocycles. The van der Waals surface area contributed by atoms with Gasteiger partial charge in [0, 0.05) is 6.92 Å². The Kier molecular flexibility index (Phi) is 2.18. The van der Waals surface area contributed by atoms with Crippen molar-refractivity contribution in [2.24, 2.45) is 0 Å². The van der Waals surface area contributed by atoms with Crippen LogP contribution in [0.3, 0.4) is 0 Å². The Labute approximate surface area is 101 Å². The summed E-state index contributed by atoms with van der Waals surface area (Å²) in [6.07, 6.45) is 1.86. The quantitative estimate of drug-likeness (QED) is 0.625. The first-order chi connectivity index (χ1) is 8.18. The lowest BCUT2D eigenvalue weighted by atomic mass is 10.0. The molecule has 1 aliphatic heterocycles. The molecule has 0 saturated carbocycles. The van der Waals surface area contributed by atoms with Crippen LogP contribution in [0, 0.1) is 0 Å². The van der Waals surface area contributed by atoms with Crippen molar-refractivity contribution in [2.75, 3.05) is 0 Å². The molecular formula is C15H14O2. The van der Waals surface area contributed by atoms with Gasteiger partial charge < -0.3 is 5.11 Å². The van der Waals surface area contributed by atoms with E-state index >= 15 is 0 Å². The zero-order valence-electron chi connectivity index (χ0n) is 10.0. The van der Waals surface area contributed by atoms with Gasteiger partial charge in [0.05, 0.1) is 18.4 Å². The molecular weight excluding hydrogens is 212 g/mol. The third kappa shape index (κ3) is 1.44. The van der Waals surface area contributed by atoms with E-state index in [1.165, 1.54) is 0 Å². The number of hydrogen-bond acceptors (Lipinski definition) is 1. The average Bonchev–Trinajstić information content (AvgIpc) is 2.84. The normalized spacial score (nSPS) is 23.1. The number of rotatable bonds is 0. The van der Waals surface area contributed by atoms with Crippen molar-refractivity contribution in [3.05, 3.63) is 46.7 Å². The number of benzene rings is 1. The summed E-state index contributed by atoms with van der Waals surface area (Å²) < 4.78 is 5.74. The maximum absolute atomic E-state index is 12.1. The smallest absolute Gasteiger partial charge is 0.337 e. The zero-order chi connectivity index (χ0) is 12.0. The van der Waals surface area contributed by atoms with Crippen LogP contribution in [0.2, 0.25) is 0 Å². The molecule has 1 aliphatic carbocycles. The van der Waals surface area contributed by atoms with E-state index in [9.17, 15) is 5.11 Å². The predicted octanol–water partition coefficient (Wildman–Crippen LogP) is 2.42. The van der Waals surface area contributed by atoms with Crippen LogP contribution >= 0.6 is 0 Å². The van der Waals surface area contributed by atoms with E-state index < -0.39 is 0 Å². The molecule has 17 heavy (non-hydrogen) atoms. The summed E-state index contributed by atoms with van der Waals surface area (Å²) in [5.74, 6) is 2.13. The second-order valence-corrected chi connectivity index (χ2v) is 4.60. The summed E-state index contributed by atoms with van der Waals surface area (Å²) >= 11 is 0. The second kappa shape index (κ2) is 3.59. The van der Waals surface area contributed by atoms with E-state index in [1.807, 2.05) is 38.1 Å². The van der Waals surface area contributed by atoms with Gasteiger partial charge in [-0.25, -0.2) is 4.42 Å². The molecule has 86 valence electrons. The van der Waals surface area contributed by atoms with Crippen molar-refractivity contribution in [2.45, 2.75) is 26.7 Å². The third-order valence-corrected chi connectivity index (χ3v) is 3.44. The summed E-state index contributed by atoms with van der Waals surface area (Å²) in [6, 6.07) is 7.77. The van der Waals surface area contributed by atoms with Crippen molar-refractivity contribution in [1.82, 2.24) is 0 Å². The van der Waals surface area contributed by atoms with Crippen LogP contribution in [0.5, 0.6) is 0 Å². The minimum Gasteiger partial charge on any atom is -0.872 e. The van der Waals surface area contributed by atoms with Crippen LogP contribution in [-0.2, 0) is 4.42 Å². The van der Waals surface area contributed by atoms with Crippen LogP contribution in [0.25, 0.3) is 11.3 Å². The molecule has 1 aromatic carbocycles. The Morgan fingerprint density at radius 2 is 1.76 bits per heavy atom. The molecule has 1 aromatic rings. The number of ketones is 1. The van der Waals surface area contributed by atoms with Gasteiger partial charge in [0.1, 0.15) is 0 Å². The van der Waals surface area contributed by atoms with Gasteiger partial charge in [-0.1, -0.05) is 30.0 Å². The highest BCUT2D eigenvalue weighted by Crippen LogP contribution is 2.41. The highest BCUT2D eigenvalue weighted by atomic mass is 16.4. The molecule has 0 spiro atoms. The van der Waals surface area contributed by atoms with Gasteiger partial charge in [0.2, 0.25) is 0 Å². The summed E-state index contributed by atoms with van der Waals surface area (Å²) in [5.41, 5.74) is 3.67. The first-order valence-electron chi connectivity index (χ1n) is 5.90. The topological polar surface area (TPSA) is 34.4 Å². The van der Waals surface area contributed by atoms with Crippen LogP contribution in [0.15, 0.2) is 35.6 Å². The maximum atomic E-state index is 12.1. The molecule has 0 unspecified atom stereocenters. The minimum absolute atomic E-state index is 0.135. The lowest BCUT2D eigenvalue weighted by Crippen LogP contribution is -2.00. The van der Waals surface area contributed by atoms with Gasteiger partial charge in [-0.05, 0) is 23.6 Å².